The smallest absolute Gasteiger partial charge is 0.387 e. The highest BCUT2D eigenvalue weighted by Gasteiger charge is 2.33. The molecular formula is C31H33F3N8O5. The maximum Gasteiger partial charge on any atom is 0.387 e. The predicted octanol–water partition coefficient (Wildman–Crippen LogP) is 2.59. The van der Waals surface area contributed by atoms with Gasteiger partial charge in [-0.25, -0.2) is 14.4 Å². The number of nitrogens with one attached hydrogen (secondary N) is 1. The van der Waals surface area contributed by atoms with E-state index in [4.69, 9.17) is 19.3 Å². The summed E-state index contributed by atoms with van der Waals surface area (Å²) in [6, 6.07) is 12.0. The van der Waals surface area contributed by atoms with Gasteiger partial charge < -0.3 is 34.4 Å². The summed E-state index contributed by atoms with van der Waals surface area (Å²) in [5, 5.41) is 21.8. The number of likely N-dealkylation sites (tertiary alicyclic amines) is 1. The minimum Gasteiger partial charge on any atom is -0.486 e. The number of piperidine rings is 1. The van der Waals surface area contributed by atoms with Crippen LogP contribution in [0.15, 0.2) is 42.7 Å². The van der Waals surface area contributed by atoms with Gasteiger partial charge >= 0.3 is 6.61 Å². The van der Waals surface area contributed by atoms with Crippen molar-refractivity contribution in [2.24, 2.45) is 0 Å². The molecule has 1 amide bonds. The third-order valence-electron chi connectivity index (χ3n) is 8.40. The Morgan fingerprint density at radius 1 is 1.11 bits per heavy atom. The number of ether oxygens (including phenoxy) is 3. The van der Waals surface area contributed by atoms with Crippen LogP contribution in [0.3, 0.4) is 0 Å². The van der Waals surface area contributed by atoms with Crippen molar-refractivity contribution in [2.45, 2.75) is 31.3 Å². The van der Waals surface area contributed by atoms with Crippen molar-refractivity contribution in [3.05, 3.63) is 48.3 Å². The molecule has 4 heterocycles. The SMILES string of the molecule is N#Cc1cc(-c2ncnc(Nc3ccc(N4CCN(C5COC5)CC4)c(OC(F)F)c3)n2)ccc1OC1CCN(C(=O)CO)C[C@H]1F. The van der Waals surface area contributed by atoms with Crippen molar-refractivity contribution in [3.8, 4) is 29.0 Å². The van der Waals surface area contributed by atoms with Crippen LogP contribution in [0.4, 0.5) is 30.5 Å². The van der Waals surface area contributed by atoms with Crippen LogP contribution in [-0.2, 0) is 9.53 Å². The number of alkyl halides is 3. The Morgan fingerprint density at radius 2 is 1.91 bits per heavy atom. The van der Waals surface area contributed by atoms with E-state index in [9.17, 15) is 23.2 Å². The molecule has 3 aliphatic rings. The summed E-state index contributed by atoms with van der Waals surface area (Å²) in [4.78, 5) is 30.1. The van der Waals surface area contributed by atoms with Crippen molar-refractivity contribution in [3.63, 3.8) is 0 Å². The van der Waals surface area contributed by atoms with Gasteiger partial charge in [-0.05, 0) is 30.3 Å². The first kappa shape index (κ1) is 32.2. The Kier molecular flexibility index (Phi) is 9.85. The van der Waals surface area contributed by atoms with Crippen molar-refractivity contribution >= 4 is 23.2 Å². The van der Waals surface area contributed by atoms with Gasteiger partial charge in [0.2, 0.25) is 11.9 Å². The molecular weight excluding hydrogens is 621 g/mol. The van der Waals surface area contributed by atoms with Crippen LogP contribution in [0, 0.1) is 11.3 Å². The standard InChI is InChI=1S/C31H33F3N8O5/c32-23-14-42(28(44)15-43)6-5-26(23)46-25-4-1-19(11-20(25)13-35)29-36-18-37-31(39-29)38-21-2-3-24(27(12-21)47-30(33)34)41-9-7-40(8-10-41)22-16-45-17-22/h1-4,11-12,18,22-23,26,30,43H,5-10,14-17H2,(H,36,37,38,39)/t23-,26?/m1/s1. The highest BCUT2D eigenvalue weighted by Crippen LogP contribution is 2.35. The van der Waals surface area contributed by atoms with E-state index in [2.05, 4.69) is 25.2 Å². The highest BCUT2D eigenvalue weighted by molar-refractivity contribution is 5.77. The van der Waals surface area contributed by atoms with Crippen molar-refractivity contribution < 1.29 is 37.3 Å². The van der Waals surface area contributed by atoms with Crippen LogP contribution < -0.4 is 19.7 Å². The lowest BCUT2D eigenvalue weighted by Gasteiger charge is -2.43. The van der Waals surface area contributed by atoms with Gasteiger partial charge in [-0.2, -0.15) is 19.0 Å². The zero-order chi connectivity index (χ0) is 32.9. The number of aromatic nitrogens is 3. The maximum absolute atomic E-state index is 14.8. The fourth-order valence-electron chi connectivity index (χ4n) is 5.80. The summed E-state index contributed by atoms with van der Waals surface area (Å²) in [5.41, 5.74) is 1.57. The number of carbonyl (C=O) groups excluding carboxylic acids is 1. The first-order valence-corrected chi connectivity index (χ1v) is 15.2. The first-order chi connectivity index (χ1) is 22.8. The van der Waals surface area contributed by atoms with E-state index in [1.54, 1.807) is 18.2 Å². The Balaban J connectivity index is 1.14. The first-order valence-electron chi connectivity index (χ1n) is 15.2. The molecule has 2 N–H and O–H groups in total. The quantitative estimate of drug-likeness (QED) is 0.331. The Labute approximate surface area is 268 Å². The number of aliphatic hydroxyl groups excluding tert-OH is 1. The molecule has 0 aliphatic carbocycles. The number of nitriles is 1. The molecule has 3 saturated heterocycles. The van der Waals surface area contributed by atoms with E-state index in [1.807, 2.05) is 11.0 Å². The van der Waals surface area contributed by atoms with E-state index in [0.29, 0.717) is 36.1 Å². The molecule has 13 nitrogen and oxygen atoms in total. The summed E-state index contributed by atoms with van der Waals surface area (Å²) < 4.78 is 57.6. The second kappa shape index (κ2) is 14.4. The zero-order valence-corrected chi connectivity index (χ0v) is 25.3. The molecule has 47 heavy (non-hydrogen) atoms. The fraction of sp³-hybridized carbons (Fsp3) is 0.452. The van der Waals surface area contributed by atoms with Crippen LogP contribution in [0.25, 0.3) is 11.4 Å². The zero-order valence-electron chi connectivity index (χ0n) is 25.3. The third kappa shape index (κ3) is 7.48. The van der Waals surface area contributed by atoms with E-state index < -0.39 is 31.4 Å². The van der Waals surface area contributed by atoms with Gasteiger partial charge in [-0.1, -0.05) is 0 Å². The highest BCUT2D eigenvalue weighted by atomic mass is 19.3. The second-order valence-electron chi connectivity index (χ2n) is 11.3. The lowest BCUT2D eigenvalue weighted by Crippen LogP contribution is -2.56. The van der Waals surface area contributed by atoms with Crippen LogP contribution in [0.1, 0.15) is 12.0 Å². The molecule has 16 heteroatoms. The Hall–Kier alpha value is -4.72. The minimum atomic E-state index is -3.01. The summed E-state index contributed by atoms with van der Waals surface area (Å²) in [6.07, 6.45) is -0.907. The molecule has 0 bridgehead atoms. The molecule has 3 aliphatic heterocycles. The van der Waals surface area contributed by atoms with Crippen LogP contribution >= 0.6 is 0 Å². The molecule has 2 atom stereocenters. The molecule has 1 unspecified atom stereocenters. The number of halogens is 3. The maximum atomic E-state index is 14.8. The Morgan fingerprint density at radius 3 is 2.60 bits per heavy atom. The van der Waals surface area contributed by atoms with E-state index >= 15 is 0 Å². The lowest BCUT2D eigenvalue weighted by molar-refractivity contribution is -0.138. The van der Waals surface area contributed by atoms with Crippen molar-refractivity contribution in [1.29, 1.82) is 5.26 Å². The molecule has 248 valence electrons. The van der Waals surface area contributed by atoms with Gasteiger partial charge in [0, 0.05) is 56.5 Å². The Bertz CT molecular complexity index is 1620. The van der Waals surface area contributed by atoms with Gasteiger partial charge in [0.15, 0.2) is 17.7 Å². The van der Waals surface area contributed by atoms with E-state index in [1.165, 1.54) is 29.4 Å². The number of hydrogen-bond acceptors (Lipinski definition) is 12. The van der Waals surface area contributed by atoms with Gasteiger partial charge in [-0.15, -0.1) is 0 Å². The van der Waals surface area contributed by atoms with Crippen LogP contribution in [0.2, 0.25) is 0 Å². The van der Waals surface area contributed by atoms with Crippen LogP contribution in [-0.4, -0.2) is 120 Å². The number of aliphatic hydroxyl groups is 1. The average molecular weight is 655 g/mol. The summed E-state index contributed by atoms with van der Waals surface area (Å²) >= 11 is 0. The van der Waals surface area contributed by atoms with Gasteiger partial charge in [0.05, 0.1) is 37.1 Å². The molecule has 0 saturated carbocycles. The molecule has 6 rings (SSSR count). The largest absolute Gasteiger partial charge is 0.486 e. The van der Waals surface area contributed by atoms with Crippen molar-refractivity contribution in [1.82, 2.24) is 24.8 Å². The van der Waals surface area contributed by atoms with Gasteiger partial charge in [0.1, 0.15) is 30.9 Å². The van der Waals surface area contributed by atoms with E-state index in [-0.39, 0.29) is 48.3 Å². The fourth-order valence-corrected chi connectivity index (χ4v) is 5.80. The number of rotatable bonds is 10. The monoisotopic (exact) mass is 654 g/mol. The molecule has 0 spiro atoms. The number of anilines is 3. The van der Waals surface area contributed by atoms with Crippen LogP contribution in [0.5, 0.6) is 11.5 Å². The summed E-state index contributed by atoms with van der Waals surface area (Å²) in [7, 11) is 0. The number of hydrogen-bond donors (Lipinski definition) is 2. The third-order valence-corrected chi connectivity index (χ3v) is 8.40. The molecule has 0 radical (unpaired) electrons. The molecule has 3 aromatic rings. The van der Waals surface area contributed by atoms with Crippen molar-refractivity contribution in [2.75, 3.05) is 69.3 Å². The number of amides is 1. The average Bonchev–Trinajstić information content (AvgIpc) is 3.05. The number of piperazine rings is 1. The minimum absolute atomic E-state index is 0.0233. The summed E-state index contributed by atoms with van der Waals surface area (Å²) in [6.45, 7) is 0.644. The summed E-state index contributed by atoms with van der Waals surface area (Å²) in [5.74, 6) is -0.00757. The van der Waals surface area contributed by atoms with Gasteiger partial charge in [-0.3, -0.25) is 9.69 Å². The molecule has 2 aromatic carbocycles. The van der Waals surface area contributed by atoms with Gasteiger partial charge in [0.25, 0.3) is 0 Å². The molecule has 1 aromatic heterocycles. The second-order valence-corrected chi connectivity index (χ2v) is 11.3. The number of carbonyl (C=O) groups is 1. The predicted molar refractivity (Wildman–Crippen MR) is 162 cm³/mol. The lowest BCUT2D eigenvalue weighted by atomic mass is 10.0. The normalized spacial score (nSPS) is 20.4. The van der Waals surface area contributed by atoms with E-state index in [0.717, 1.165) is 26.3 Å². The topological polar surface area (TPSA) is 149 Å². The number of nitrogens with zero attached hydrogens (tertiary/aromatic N) is 7. The molecule has 3 fully saturated rings. The number of benzene rings is 2.